The second-order valence-electron chi connectivity index (χ2n) is 3.11. The summed E-state index contributed by atoms with van der Waals surface area (Å²) in [5, 5.41) is 11.2. The molecule has 0 aromatic heterocycles. The van der Waals surface area contributed by atoms with Gasteiger partial charge in [-0.15, -0.1) is 6.58 Å². The number of hydrogen-bond acceptors (Lipinski definition) is 3. The number of carbonyl (C=O) groups excluding carboxylic acids is 1. The fourth-order valence-electron chi connectivity index (χ4n) is 1.11. The molecule has 17 heavy (non-hydrogen) atoms. The number of nitrogens with zero attached hydrogens (tertiary/aromatic N) is 1. The van der Waals surface area contributed by atoms with E-state index in [0.29, 0.717) is 6.54 Å². The predicted octanol–water partition coefficient (Wildman–Crippen LogP) is 1.38. The van der Waals surface area contributed by atoms with E-state index < -0.39 is 5.82 Å². The third-order valence-corrected chi connectivity index (χ3v) is 1.89. The Morgan fingerprint density at radius 1 is 1.65 bits per heavy atom. The smallest absolute Gasteiger partial charge is 0.258 e. The molecule has 0 spiro atoms. The Morgan fingerprint density at radius 3 is 3.06 bits per heavy atom. The van der Waals surface area contributed by atoms with Crippen molar-refractivity contribution in [3.05, 3.63) is 42.2 Å². The van der Waals surface area contributed by atoms with E-state index in [0.717, 1.165) is 6.07 Å². The number of ether oxygens (including phenoxy) is 1. The summed E-state index contributed by atoms with van der Waals surface area (Å²) in [7, 11) is 0. The van der Waals surface area contributed by atoms with Crippen molar-refractivity contribution in [2.75, 3.05) is 13.2 Å². The van der Waals surface area contributed by atoms with Crippen LogP contribution in [0, 0.1) is 17.1 Å². The van der Waals surface area contributed by atoms with Crippen molar-refractivity contribution in [3.8, 4) is 11.8 Å². The summed E-state index contributed by atoms with van der Waals surface area (Å²) >= 11 is 0. The molecule has 1 N–H and O–H groups in total. The van der Waals surface area contributed by atoms with Gasteiger partial charge >= 0.3 is 0 Å². The third kappa shape index (κ3) is 3.61. The van der Waals surface area contributed by atoms with Crippen molar-refractivity contribution in [2.24, 2.45) is 0 Å². The Labute approximate surface area is 98.3 Å². The van der Waals surface area contributed by atoms with Crippen LogP contribution >= 0.6 is 0 Å². The zero-order valence-electron chi connectivity index (χ0n) is 9.07. The number of rotatable bonds is 5. The number of nitriles is 1. The van der Waals surface area contributed by atoms with Gasteiger partial charge in [0.2, 0.25) is 0 Å². The lowest BCUT2D eigenvalue weighted by Gasteiger charge is -2.07. The molecule has 0 heterocycles. The molecule has 88 valence electrons. The molecule has 0 unspecified atom stereocenters. The maximum Gasteiger partial charge on any atom is 0.258 e. The summed E-state index contributed by atoms with van der Waals surface area (Å²) < 4.78 is 18.2. The van der Waals surface area contributed by atoms with Gasteiger partial charge in [0, 0.05) is 6.54 Å². The minimum Gasteiger partial charge on any atom is -0.482 e. The highest BCUT2D eigenvalue weighted by Gasteiger charge is 2.10. The van der Waals surface area contributed by atoms with Crippen molar-refractivity contribution in [1.82, 2.24) is 5.32 Å². The molecule has 1 rings (SSSR count). The van der Waals surface area contributed by atoms with Crippen molar-refractivity contribution < 1.29 is 13.9 Å². The average molecular weight is 234 g/mol. The van der Waals surface area contributed by atoms with Crippen molar-refractivity contribution in [2.45, 2.75) is 0 Å². The van der Waals surface area contributed by atoms with Gasteiger partial charge in [-0.05, 0) is 12.1 Å². The van der Waals surface area contributed by atoms with Crippen LogP contribution in [-0.2, 0) is 4.79 Å². The lowest BCUT2D eigenvalue weighted by atomic mass is 10.2. The normalized spacial score (nSPS) is 9.18. The van der Waals surface area contributed by atoms with Gasteiger partial charge in [0.1, 0.15) is 23.2 Å². The molecule has 0 saturated heterocycles. The molecule has 1 aromatic carbocycles. The number of amides is 1. The Kier molecular flexibility index (Phi) is 4.70. The molecule has 1 aromatic rings. The van der Waals surface area contributed by atoms with Crippen LogP contribution in [0.3, 0.4) is 0 Å². The highest BCUT2D eigenvalue weighted by molar-refractivity contribution is 5.77. The van der Waals surface area contributed by atoms with Crippen LogP contribution in [0.1, 0.15) is 5.56 Å². The standard InChI is InChI=1S/C12H11FN2O2/c1-2-6-15-12(16)8-17-11-5-3-4-10(13)9(11)7-14/h2-5H,1,6,8H2,(H,15,16). The highest BCUT2D eigenvalue weighted by Crippen LogP contribution is 2.19. The van der Waals surface area contributed by atoms with E-state index in [4.69, 9.17) is 10.00 Å². The molecule has 0 atom stereocenters. The largest absolute Gasteiger partial charge is 0.482 e. The predicted molar refractivity (Wildman–Crippen MR) is 59.8 cm³/mol. The lowest BCUT2D eigenvalue weighted by molar-refractivity contribution is -0.122. The Morgan fingerprint density at radius 2 is 2.41 bits per heavy atom. The Hall–Kier alpha value is -2.35. The molecule has 4 nitrogen and oxygen atoms in total. The first kappa shape index (κ1) is 12.7. The second kappa shape index (κ2) is 6.28. The number of nitrogens with one attached hydrogen (secondary N) is 1. The number of carbonyl (C=O) groups is 1. The van der Waals surface area contributed by atoms with Gasteiger partial charge < -0.3 is 10.1 Å². The van der Waals surface area contributed by atoms with Crippen LogP contribution in [0.15, 0.2) is 30.9 Å². The van der Waals surface area contributed by atoms with Gasteiger partial charge in [-0.25, -0.2) is 4.39 Å². The lowest BCUT2D eigenvalue weighted by Crippen LogP contribution is -2.28. The topological polar surface area (TPSA) is 62.1 Å². The van der Waals surface area contributed by atoms with Crippen LogP contribution in [0.25, 0.3) is 0 Å². The molecular weight excluding hydrogens is 223 g/mol. The first-order chi connectivity index (χ1) is 8.19. The van der Waals surface area contributed by atoms with E-state index in [1.165, 1.54) is 18.2 Å². The zero-order valence-corrected chi connectivity index (χ0v) is 9.07. The van der Waals surface area contributed by atoms with E-state index >= 15 is 0 Å². The molecule has 0 aliphatic rings. The molecule has 5 heteroatoms. The number of halogens is 1. The fourth-order valence-corrected chi connectivity index (χ4v) is 1.11. The minimum atomic E-state index is -0.670. The van der Waals surface area contributed by atoms with Crippen LogP contribution in [0.4, 0.5) is 4.39 Å². The summed E-state index contributed by atoms with van der Waals surface area (Å²) in [6.07, 6.45) is 1.53. The first-order valence-corrected chi connectivity index (χ1v) is 4.88. The van der Waals surface area contributed by atoms with E-state index in [-0.39, 0.29) is 23.8 Å². The molecular formula is C12H11FN2O2. The SMILES string of the molecule is C=CCNC(=O)COc1cccc(F)c1C#N. The van der Waals surface area contributed by atoms with Crippen molar-refractivity contribution in [3.63, 3.8) is 0 Å². The maximum atomic E-state index is 13.2. The van der Waals surface area contributed by atoms with E-state index in [1.807, 2.05) is 0 Å². The molecule has 0 aliphatic heterocycles. The third-order valence-electron chi connectivity index (χ3n) is 1.89. The Balaban J connectivity index is 2.64. The highest BCUT2D eigenvalue weighted by atomic mass is 19.1. The molecule has 1 amide bonds. The molecule has 0 fully saturated rings. The summed E-state index contributed by atoms with van der Waals surface area (Å²) in [5.41, 5.74) is -0.205. The van der Waals surface area contributed by atoms with Crippen LogP contribution < -0.4 is 10.1 Å². The van der Waals surface area contributed by atoms with Crippen LogP contribution in [0.2, 0.25) is 0 Å². The van der Waals surface area contributed by atoms with Gasteiger partial charge in [0.05, 0.1) is 0 Å². The molecule has 0 saturated carbocycles. The summed E-state index contributed by atoms with van der Waals surface area (Å²) in [5.74, 6) is -0.976. The second-order valence-corrected chi connectivity index (χ2v) is 3.11. The molecule has 0 aliphatic carbocycles. The monoisotopic (exact) mass is 234 g/mol. The summed E-state index contributed by atoms with van der Waals surface area (Å²) in [6, 6.07) is 5.68. The minimum absolute atomic E-state index is 0.0567. The summed E-state index contributed by atoms with van der Waals surface area (Å²) in [4.78, 5) is 11.2. The first-order valence-electron chi connectivity index (χ1n) is 4.88. The van der Waals surface area contributed by atoms with Gasteiger partial charge in [-0.3, -0.25) is 4.79 Å². The van der Waals surface area contributed by atoms with Gasteiger partial charge in [0.15, 0.2) is 6.61 Å². The molecule has 0 radical (unpaired) electrons. The number of benzene rings is 1. The van der Waals surface area contributed by atoms with Gasteiger partial charge in [0.25, 0.3) is 5.91 Å². The Bertz CT molecular complexity index is 466. The van der Waals surface area contributed by atoms with Crippen LogP contribution in [-0.4, -0.2) is 19.1 Å². The quantitative estimate of drug-likeness (QED) is 0.783. The maximum absolute atomic E-state index is 13.2. The summed E-state index contributed by atoms with van der Waals surface area (Å²) in [6.45, 7) is 3.50. The van der Waals surface area contributed by atoms with Crippen LogP contribution in [0.5, 0.6) is 5.75 Å². The van der Waals surface area contributed by atoms with Crippen molar-refractivity contribution in [1.29, 1.82) is 5.26 Å². The zero-order chi connectivity index (χ0) is 12.7. The number of hydrogen-bond donors (Lipinski definition) is 1. The van der Waals surface area contributed by atoms with E-state index in [9.17, 15) is 9.18 Å². The molecule has 0 bridgehead atoms. The van der Waals surface area contributed by atoms with Gasteiger partial charge in [-0.2, -0.15) is 5.26 Å². The fraction of sp³-hybridized carbons (Fsp3) is 0.167. The van der Waals surface area contributed by atoms with Gasteiger partial charge in [-0.1, -0.05) is 12.1 Å². The average Bonchev–Trinajstić information content (AvgIpc) is 2.33. The van der Waals surface area contributed by atoms with E-state index in [1.54, 1.807) is 6.07 Å². The van der Waals surface area contributed by atoms with E-state index in [2.05, 4.69) is 11.9 Å². The van der Waals surface area contributed by atoms with Crippen molar-refractivity contribution >= 4 is 5.91 Å².